The van der Waals surface area contributed by atoms with Gasteiger partial charge in [-0.25, -0.2) is 0 Å². The smallest absolute Gasteiger partial charge is 0.170 e. The zero-order valence-corrected chi connectivity index (χ0v) is 10.6. The Balaban J connectivity index is 2.25. The largest absolute Gasteiger partial charge is 0.486 e. The Kier molecular flexibility index (Phi) is 2.56. The maximum absolute atomic E-state index is 6.25. The van der Waals surface area contributed by atoms with Gasteiger partial charge in [-0.1, -0.05) is 11.6 Å². The lowest BCUT2D eigenvalue weighted by Crippen LogP contribution is -2.16. The van der Waals surface area contributed by atoms with Crippen LogP contribution in [0, 0.1) is 0 Å². The lowest BCUT2D eigenvalue weighted by Gasteiger charge is -2.21. The summed E-state index contributed by atoms with van der Waals surface area (Å²) in [5, 5.41) is 4.69. The zero-order valence-electron chi connectivity index (χ0n) is 9.81. The van der Waals surface area contributed by atoms with Crippen LogP contribution >= 0.6 is 11.6 Å². The van der Waals surface area contributed by atoms with Gasteiger partial charge in [0.15, 0.2) is 11.5 Å². The molecule has 0 spiro atoms. The van der Waals surface area contributed by atoms with Crippen LogP contribution in [0.4, 0.5) is 5.82 Å². The molecule has 6 heteroatoms. The molecule has 5 nitrogen and oxygen atoms in total. The molecule has 94 valence electrons. The van der Waals surface area contributed by atoms with Crippen LogP contribution in [0.1, 0.15) is 0 Å². The predicted octanol–water partition coefficient (Wildman–Crippen LogP) is 2.09. The van der Waals surface area contributed by atoms with Crippen LogP contribution in [-0.2, 0) is 7.05 Å². The van der Waals surface area contributed by atoms with Crippen LogP contribution in [0.5, 0.6) is 11.5 Å². The van der Waals surface area contributed by atoms with Crippen LogP contribution in [0.2, 0.25) is 5.02 Å². The van der Waals surface area contributed by atoms with Crippen molar-refractivity contribution in [1.82, 2.24) is 9.78 Å². The number of aromatic nitrogens is 2. The van der Waals surface area contributed by atoms with Crippen molar-refractivity contribution in [1.29, 1.82) is 0 Å². The summed E-state index contributed by atoms with van der Waals surface area (Å²) in [4.78, 5) is 0. The molecule has 1 aromatic heterocycles. The van der Waals surface area contributed by atoms with Gasteiger partial charge in [-0.05, 0) is 12.1 Å². The van der Waals surface area contributed by atoms with Gasteiger partial charge in [0.05, 0.1) is 16.8 Å². The summed E-state index contributed by atoms with van der Waals surface area (Å²) in [7, 11) is 1.78. The van der Waals surface area contributed by atoms with Gasteiger partial charge in [-0.3, -0.25) is 4.68 Å². The molecule has 0 atom stereocenters. The van der Waals surface area contributed by atoms with E-state index in [0.29, 0.717) is 35.6 Å². The summed E-state index contributed by atoms with van der Waals surface area (Å²) in [6.45, 7) is 1.04. The van der Waals surface area contributed by atoms with Crippen LogP contribution in [0.15, 0.2) is 18.3 Å². The highest BCUT2D eigenvalue weighted by molar-refractivity contribution is 6.34. The molecule has 0 bridgehead atoms. The van der Waals surface area contributed by atoms with Gasteiger partial charge >= 0.3 is 0 Å². The molecule has 3 rings (SSSR count). The van der Waals surface area contributed by atoms with Gasteiger partial charge in [0.25, 0.3) is 0 Å². The van der Waals surface area contributed by atoms with E-state index >= 15 is 0 Å². The number of nitrogens with zero attached hydrogens (tertiary/aromatic N) is 2. The third kappa shape index (κ3) is 1.59. The van der Waals surface area contributed by atoms with Crippen LogP contribution in [-0.4, -0.2) is 23.0 Å². The number of benzene rings is 1. The monoisotopic (exact) mass is 265 g/mol. The molecular weight excluding hydrogens is 254 g/mol. The molecule has 0 fully saturated rings. The van der Waals surface area contributed by atoms with E-state index in [9.17, 15) is 0 Å². The normalized spacial score (nSPS) is 13.7. The molecule has 2 heterocycles. The Morgan fingerprint density at radius 2 is 2.11 bits per heavy atom. The fourth-order valence-corrected chi connectivity index (χ4v) is 2.23. The van der Waals surface area contributed by atoms with Crippen molar-refractivity contribution < 1.29 is 9.47 Å². The third-order valence-corrected chi connectivity index (χ3v) is 3.23. The van der Waals surface area contributed by atoms with Crippen molar-refractivity contribution in [2.24, 2.45) is 7.05 Å². The summed E-state index contributed by atoms with van der Waals surface area (Å²) in [5.74, 6) is 1.86. The van der Waals surface area contributed by atoms with E-state index in [1.54, 1.807) is 30.1 Å². The minimum atomic E-state index is 0.501. The fourth-order valence-electron chi connectivity index (χ4n) is 1.98. The van der Waals surface area contributed by atoms with E-state index < -0.39 is 0 Å². The number of ether oxygens (including phenoxy) is 2. The molecule has 0 amide bonds. The Hall–Kier alpha value is -1.88. The van der Waals surface area contributed by atoms with Crippen molar-refractivity contribution in [2.75, 3.05) is 18.9 Å². The second-order valence-electron chi connectivity index (χ2n) is 4.01. The molecule has 2 N–H and O–H groups in total. The second-order valence-corrected chi connectivity index (χ2v) is 4.42. The lowest BCUT2D eigenvalue weighted by atomic mass is 10.1. The van der Waals surface area contributed by atoms with E-state index in [-0.39, 0.29) is 0 Å². The number of aryl methyl sites for hydroxylation is 1. The van der Waals surface area contributed by atoms with Crippen molar-refractivity contribution in [3.05, 3.63) is 23.4 Å². The first-order chi connectivity index (χ1) is 8.68. The van der Waals surface area contributed by atoms with Gasteiger partial charge in [0.2, 0.25) is 0 Å². The number of anilines is 1. The van der Waals surface area contributed by atoms with E-state index in [4.69, 9.17) is 26.8 Å². The number of nitrogen functional groups attached to an aromatic ring is 1. The summed E-state index contributed by atoms with van der Waals surface area (Å²) in [6, 6.07) is 3.57. The molecule has 0 radical (unpaired) electrons. The van der Waals surface area contributed by atoms with Crippen LogP contribution in [0.3, 0.4) is 0 Å². The highest BCUT2D eigenvalue weighted by atomic mass is 35.5. The topological polar surface area (TPSA) is 62.3 Å². The maximum atomic E-state index is 6.25. The van der Waals surface area contributed by atoms with Crippen LogP contribution < -0.4 is 15.2 Å². The standard InChI is InChI=1S/C12H12ClN3O2/c1-16-12(14)7(6-15-16)10-8(13)2-3-9-11(10)18-5-4-17-9/h2-3,6H,4-5,14H2,1H3. The molecule has 1 aliphatic rings. The molecule has 0 aliphatic carbocycles. The molecule has 0 saturated heterocycles. The first kappa shape index (κ1) is 11.2. The van der Waals surface area contributed by atoms with E-state index in [2.05, 4.69) is 5.10 Å². The predicted molar refractivity (Wildman–Crippen MR) is 69.1 cm³/mol. The van der Waals surface area contributed by atoms with Gasteiger partial charge in [0.1, 0.15) is 19.0 Å². The maximum Gasteiger partial charge on any atom is 0.170 e. The van der Waals surface area contributed by atoms with Crippen molar-refractivity contribution in [3.63, 3.8) is 0 Å². The number of hydrogen-bond donors (Lipinski definition) is 1. The van der Waals surface area contributed by atoms with Crippen molar-refractivity contribution in [3.8, 4) is 22.6 Å². The van der Waals surface area contributed by atoms with E-state index in [1.807, 2.05) is 0 Å². The highest BCUT2D eigenvalue weighted by Gasteiger charge is 2.22. The molecule has 18 heavy (non-hydrogen) atoms. The first-order valence-electron chi connectivity index (χ1n) is 5.54. The van der Waals surface area contributed by atoms with E-state index in [0.717, 1.165) is 11.1 Å². The average molecular weight is 266 g/mol. The van der Waals surface area contributed by atoms with Crippen molar-refractivity contribution >= 4 is 17.4 Å². The minimum absolute atomic E-state index is 0.501. The fraction of sp³-hybridized carbons (Fsp3) is 0.250. The summed E-state index contributed by atoms with van der Waals surface area (Å²) >= 11 is 6.25. The Morgan fingerprint density at radius 1 is 1.33 bits per heavy atom. The molecule has 1 aromatic carbocycles. The van der Waals surface area contributed by atoms with Gasteiger partial charge in [-0.15, -0.1) is 0 Å². The molecule has 0 unspecified atom stereocenters. The lowest BCUT2D eigenvalue weighted by molar-refractivity contribution is 0.172. The quantitative estimate of drug-likeness (QED) is 0.858. The van der Waals surface area contributed by atoms with Gasteiger partial charge in [0, 0.05) is 12.6 Å². The minimum Gasteiger partial charge on any atom is -0.486 e. The number of fused-ring (bicyclic) bond motifs is 1. The molecule has 1 aliphatic heterocycles. The summed E-state index contributed by atoms with van der Waals surface area (Å²) in [5.41, 5.74) is 7.47. The Labute approximate surface area is 109 Å². The highest BCUT2D eigenvalue weighted by Crippen LogP contribution is 2.45. The number of hydrogen-bond acceptors (Lipinski definition) is 4. The molecule has 0 saturated carbocycles. The summed E-state index contributed by atoms with van der Waals surface area (Å²) < 4.78 is 12.8. The SMILES string of the molecule is Cn1ncc(-c2c(Cl)ccc3c2OCCO3)c1N. The van der Waals surface area contributed by atoms with Gasteiger partial charge in [-0.2, -0.15) is 5.10 Å². The number of rotatable bonds is 1. The van der Waals surface area contributed by atoms with Crippen LogP contribution in [0.25, 0.3) is 11.1 Å². The molecular formula is C12H12ClN3O2. The average Bonchev–Trinajstić information content (AvgIpc) is 2.70. The Morgan fingerprint density at radius 3 is 2.83 bits per heavy atom. The third-order valence-electron chi connectivity index (χ3n) is 2.91. The Bertz CT molecular complexity index is 610. The van der Waals surface area contributed by atoms with Crippen molar-refractivity contribution in [2.45, 2.75) is 0 Å². The zero-order chi connectivity index (χ0) is 12.7. The number of nitrogens with two attached hydrogens (primary N) is 1. The second kappa shape index (κ2) is 4.10. The number of halogens is 1. The van der Waals surface area contributed by atoms with E-state index in [1.165, 1.54) is 0 Å². The summed E-state index contributed by atoms with van der Waals surface area (Å²) in [6.07, 6.45) is 1.68. The molecule has 2 aromatic rings. The first-order valence-corrected chi connectivity index (χ1v) is 5.92. The van der Waals surface area contributed by atoms with Gasteiger partial charge < -0.3 is 15.2 Å².